The zero-order valence-electron chi connectivity index (χ0n) is 8.67. The Kier molecular flexibility index (Phi) is 2.48. The van der Waals surface area contributed by atoms with Crippen LogP contribution in [-0.2, 0) is 0 Å². The summed E-state index contributed by atoms with van der Waals surface area (Å²) in [7, 11) is 0. The van der Waals surface area contributed by atoms with Crippen LogP contribution in [0.25, 0.3) is 0 Å². The third kappa shape index (κ3) is 1.81. The molecule has 1 N–H and O–H groups in total. The summed E-state index contributed by atoms with van der Waals surface area (Å²) in [6, 6.07) is 0. The summed E-state index contributed by atoms with van der Waals surface area (Å²) in [5.74, 6) is 2.58. The van der Waals surface area contributed by atoms with Crippen molar-refractivity contribution < 1.29 is 5.11 Å². The molecule has 1 heterocycles. The molecule has 4 atom stereocenters. The first kappa shape index (κ1) is 9.73. The van der Waals surface area contributed by atoms with E-state index in [1.54, 1.807) is 0 Å². The Morgan fingerprint density at radius 3 is 3.00 bits per heavy atom. The van der Waals surface area contributed by atoms with Crippen LogP contribution in [0.5, 0.6) is 0 Å². The molecule has 82 valence electrons. The molecule has 2 aliphatic carbocycles. The van der Waals surface area contributed by atoms with E-state index in [4.69, 9.17) is 0 Å². The normalized spacial score (nSPS) is 35.9. The Balaban J connectivity index is 1.62. The summed E-state index contributed by atoms with van der Waals surface area (Å²) in [6.07, 6.45) is 6.07. The van der Waals surface area contributed by atoms with Crippen molar-refractivity contribution in [2.75, 3.05) is 0 Å². The number of hydrogen-bond acceptors (Lipinski definition) is 4. The lowest BCUT2D eigenvalue weighted by molar-refractivity contribution is 0.122. The van der Waals surface area contributed by atoms with Crippen LogP contribution in [0.1, 0.15) is 43.9 Å². The molecule has 2 saturated carbocycles. The number of nitrogens with zero attached hydrogens (tertiary/aromatic N) is 2. The highest BCUT2D eigenvalue weighted by atomic mass is 32.1. The molecule has 2 fully saturated rings. The Hall–Kier alpha value is -0.480. The SMILES string of the molecule is OC(CC1CC2CCC1C2)c1csnn1. The lowest BCUT2D eigenvalue weighted by Gasteiger charge is -2.23. The number of rotatable bonds is 3. The van der Waals surface area contributed by atoms with Gasteiger partial charge in [0.15, 0.2) is 0 Å². The van der Waals surface area contributed by atoms with Gasteiger partial charge in [0.05, 0.1) is 6.10 Å². The van der Waals surface area contributed by atoms with Crippen LogP contribution in [0.3, 0.4) is 0 Å². The molecule has 1 aromatic heterocycles. The monoisotopic (exact) mass is 224 g/mol. The van der Waals surface area contributed by atoms with E-state index >= 15 is 0 Å². The van der Waals surface area contributed by atoms with Crippen LogP contribution in [-0.4, -0.2) is 14.7 Å². The lowest BCUT2D eigenvalue weighted by atomic mass is 9.84. The topological polar surface area (TPSA) is 46.0 Å². The molecule has 4 heteroatoms. The van der Waals surface area contributed by atoms with Crippen LogP contribution < -0.4 is 0 Å². The fourth-order valence-corrected chi connectivity index (χ4v) is 3.89. The van der Waals surface area contributed by atoms with Crippen molar-refractivity contribution in [1.29, 1.82) is 0 Å². The summed E-state index contributed by atoms with van der Waals surface area (Å²) < 4.78 is 3.80. The van der Waals surface area contributed by atoms with Crippen LogP contribution >= 0.6 is 11.5 Å². The van der Waals surface area contributed by atoms with Crippen molar-refractivity contribution in [3.8, 4) is 0 Å². The van der Waals surface area contributed by atoms with Gasteiger partial charge in [-0.15, -0.1) is 5.10 Å². The maximum Gasteiger partial charge on any atom is 0.104 e. The molecule has 2 bridgehead atoms. The third-order valence-corrected chi connectivity index (χ3v) is 4.65. The molecule has 4 unspecified atom stereocenters. The zero-order chi connectivity index (χ0) is 10.3. The first-order chi connectivity index (χ1) is 7.33. The Morgan fingerprint density at radius 1 is 1.47 bits per heavy atom. The highest BCUT2D eigenvalue weighted by molar-refractivity contribution is 7.03. The van der Waals surface area contributed by atoms with Crippen LogP contribution in [0.4, 0.5) is 0 Å². The Labute approximate surface area is 93.7 Å². The van der Waals surface area contributed by atoms with Crippen molar-refractivity contribution >= 4 is 11.5 Å². The molecule has 0 aliphatic heterocycles. The van der Waals surface area contributed by atoms with E-state index < -0.39 is 0 Å². The number of aromatic nitrogens is 2. The summed E-state index contributed by atoms with van der Waals surface area (Å²) in [6.45, 7) is 0. The second-order valence-corrected chi connectivity index (χ2v) is 5.63. The van der Waals surface area contributed by atoms with Crippen LogP contribution in [0, 0.1) is 17.8 Å². The third-order valence-electron chi connectivity index (χ3n) is 4.13. The van der Waals surface area contributed by atoms with Crippen LogP contribution in [0.15, 0.2) is 5.38 Å². The van der Waals surface area contributed by atoms with Gasteiger partial charge in [-0.1, -0.05) is 10.9 Å². The zero-order valence-corrected chi connectivity index (χ0v) is 9.49. The average Bonchev–Trinajstić information content (AvgIpc) is 2.95. The molecule has 3 rings (SSSR count). The summed E-state index contributed by atoms with van der Waals surface area (Å²) >= 11 is 1.32. The Bertz CT molecular complexity index is 327. The van der Waals surface area contributed by atoms with Gasteiger partial charge in [0.2, 0.25) is 0 Å². The fraction of sp³-hybridized carbons (Fsp3) is 0.818. The van der Waals surface area contributed by atoms with E-state index in [0.717, 1.165) is 29.9 Å². The van der Waals surface area contributed by atoms with Crippen molar-refractivity contribution in [1.82, 2.24) is 9.59 Å². The highest BCUT2D eigenvalue weighted by Crippen LogP contribution is 2.50. The van der Waals surface area contributed by atoms with E-state index in [1.165, 1.54) is 37.2 Å². The van der Waals surface area contributed by atoms with E-state index in [-0.39, 0.29) is 6.10 Å². The van der Waals surface area contributed by atoms with E-state index in [0.29, 0.717) is 0 Å². The quantitative estimate of drug-likeness (QED) is 0.857. The molecular formula is C11H16N2OS. The number of hydrogen-bond donors (Lipinski definition) is 1. The second kappa shape index (κ2) is 3.83. The van der Waals surface area contributed by atoms with Crippen molar-refractivity contribution in [2.45, 2.75) is 38.2 Å². The Morgan fingerprint density at radius 2 is 2.40 bits per heavy atom. The summed E-state index contributed by atoms with van der Waals surface area (Å²) in [4.78, 5) is 0. The fourth-order valence-electron chi connectivity index (χ4n) is 3.39. The minimum Gasteiger partial charge on any atom is -0.387 e. The number of aliphatic hydroxyl groups excluding tert-OH is 1. The molecule has 0 amide bonds. The second-order valence-electron chi connectivity index (χ2n) is 5.02. The molecule has 1 aromatic rings. The maximum atomic E-state index is 10.0. The largest absolute Gasteiger partial charge is 0.387 e. The summed E-state index contributed by atoms with van der Waals surface area (Å²) in [5.41, 5.74) is 0.766. The summed E-state index contributed by atoms with van der Waals surface area (Å²) in [5, 5.41) is 15.8. The molecule has 0 saturated heterocycles. The van der Waals surface area contributed by atoms with Crippen molar-refractivity contribution in [3.05, 3.63) is 11.1 Å². The first-order valence-corrected chi connectivity index (χ1v) is 6.61. The average molecular weight is 224 g/mol. The highest BCUT2D eigenvalue weighted by Gasteiger charge is 2.40. The van der Waals surface area contributed by atoms with Crippen molar-refractivity contribution in [2.24, 2.45) is 17.8 Å². The predicted octanol–water partition coefficient (Wildman–Crippen LogP) is 2.40. The van der Waals surface area contributed by atoms with Gasteiger partial charge in [-0.3, -0.25) is 0 Å². The molecule has 2 aliphatic rings. The van der Waals surface area contributed by atoms with Gasteiger partial charge in [0.1, 0.15) is 5.69 Å². The van der Waals surface area contributed by atoms with Gasteiger partial charge in [0, 0.05) is 5.38 Å². The van der Waals surface area contributed by atoms with Gasteiger partial charge >= 0.3 is 0 Å². The molecule has 0 radical (unpaired) electrons. The molecule has 0 aromatic carbocycles. The lowest BCUT2D eigenvalue weighted by Crippen LogP contribution is -2.14. The van der Waals surface area contributed by atoms with Crippen molar-refractivity contribution in [3.63, 3.8) is 0 Å². The maximum absolute atomic E-state index is 10.0. The first-order valence-electron chi connectivity index (χ1n) is 5.78. The molecule has 15 heavy (non-hydrogen) atoms. The predicted molar refractivity (Wildman–Crippen MR) is 58.4 cm³/mol. The minimum absolute atomic E-state index is 0.381. The van der Waals surface area contributed by atoms with E-state index in [2.05, 4.69) is 9.59 Å². The van der Waals surface area contributed by atoms with Gasteiger partial charge in [0.25, 0.3) is 0 Å². The smallest absolute Gasteiger partial charge is 0.104 e. The van der Waals surface area contributed by atoms with E-state index in [1.807, 2.05) is 5.38 Å². The molecule has 3 nitrogen and oxygen atoms in total. The minimum atomic E-state index is -0.381. The van der Waals surface area contributed by atoms with Crippen LogP contribution in [0.2, 0.25) is 0 Å². The number of fused-ring (bicyclic) bond motifs is 2. The molecule has 0 spiro atoms. The van der Waals surface area contributed by atoms with Gasteiger partial charge in [-0.25, -0.2) is 0 Å². The molecular weight excluding hydrogens is 208 g/mol. The van der Waals surface area contributed by atoms with Gasteiger partial charge in [-0.2, -0.15) is 0 Å². The number of aliphatic hydroxyl groups is 1. The van der Waals surface area contributed by atoms with Gasteiger partial charge < -0.3 is 5.11 Å². The van der Waals surface area contributed by atoms with E-state index in [9.17, 15) is 5.11 Å². The van der Waals surface area contributed by atoms with Gasteiger partial charge in [-0.05, 0) is 55.0 Å². The standard InChI is InChI=1S/C11H16N2OS/c14-11(10-6-15-13-12-10)5-9-4-7-1-2-8(9)3-7/h6-9,11,14H,1-5H2.